The van der Waals surface area contributed by atoms with Crippen LogP contribution in [-0.4, -0.2) is 11.7 Å². The highest BCUT2D eigenvalue weighted by Crippen LogP contribution is 2.40. The maximum absolute atomic E-state index is 10.9. The summed E-state index contributed by atoms with van der Waals surface area (Å²) in [6.45, 7) is 3.76. The Morgan fingerprint density at radius 3 is 3.07 bits per heavy atom. The van der Waals surface area contributed by atoms with Crippen LogP contribution in [0.5, 0.6) is 0 Å². The minimum Gasteiger partial charge on any atom is -0.326 e. The zero-order valence-corrected chi connectivity index (χ0v) is 9.15. The Bertz CT molecular complexity index is 376. The van der Waals surface area contributed by atoms with Crippen LogP contribution in [0.25, 0.3) is 0 Å². The van der Waals surface area contributed by atoms with E-state index in [0.717, 1.165) is 11.4 Å². The highest BCUT2D eigenvalue weighted by atomic mass is 32.2. The molecule has 1 unspecified atom stereocenters. The van der Waals surface area contributed by atoms with Crippen molar-refractivity contribution in [3.8, 4) is 0 Å². The smallest absolute Gasteiger partial charge is 0.221 e. The van der Waals surface area contributed by atoms with Crippen LogP contribution < -0.4 is 5.32 Å². The quantitative estimate of drug-likeness (QED) is 0.767. The number of nitrogens with one attached hydrogen (secondary N) is 1. The van der Waals surface area contributed by atoms with Crippen LogP contribution in [0.2, 0.25) is 0 Å². The van der Waals surface area contributed by atoms with Crippen molar-refractivity contribution in [3.63, 3.8) is 0 Å². The molecular formula is C11H13NOS. The largest absolute Gasteiger partial charge is 0.326 e. The molecule has 1 aromatic rings. The Hall–Kier alpha value is -0.960. The summed E-state index contributed by atoms with van der Waals surface area (Å²) >= 11 is 1.87. The topological polar surface area (TPSA) is 29.1 Å². The molecule has 1 amide bonds. The lowest BCUT2D eigenvalue weighted by molar-refractivity contribution is -0.114. The SMILES string of the molecule is CC(=O)Nc1ccc2c(c1)SCC2C. The molecule has 0 spiro atoms. The Labute approximate surface area is 88.1 Å². The van der Waals surface area contributed by atoms with E-state index >= 15 is 0 Å². The minimum absolute atomic E-state index is 0.0130. The molecule has 0 aromatic heterocycles. The highest BCUT2D eigenvalue weighted by Gasteiger charge is 2.19. The number of anilines is 1. The van der Waals surface area contributed by atoms with Crippen LogP contribution in [0.4, 0.5) is 5.69 Å². The van der Waals surface area contributed by atoms with Gasteiger partial charge in [-0.2, -0.15) is 0 Å². The van der Waals surface area contributed by atoms with E-state index in [0.29, 0.717) is 5.92 Å². The third-order valence-electron chi connectivity index (χ3n) is 2.35. The first-order valence-corrected chi connectivity index (χ1v) is 5.69. The van der Waals surface area contributed by atoms with Gasteiger partial charge in [0.25, 0.3) is 0 Å². The molecule has 74 valence electrons. The van der Waals surface area contributed by atoms with E-state index in [1.165, 1.54) is 17.4 Å². The van der Waals surface area contributed by atoms with E-state index in [-0.39, 0.29) is 5.91 Å². The van der Waals surface area contributed by atoms with Gasteiger partial charge in [-0.3, -0.25) is 4.79 Å². The average Bonchev–Trinajstić information content (AvgIpc) is 2.46. The van der Waals surface area contributed by atoms with Gasteiger partial charge in [0, 0.05) is 23.3 Å². The molecule has 0 bridgehead atoms. The Morgan fingerprint density at radius 1 is 1.57 bits per heavy atom. The third-order valence-corrected chi connectivity index (χ3v) is 3.68. The molecule has 0 saturated carbocycles. The second-order valence-electron chi connectivity index (χ2n) is 3.65. The van der Waals surface area contributed by atoms with Gasteiger partial charge in [0.1, 0.15) is 0 Å². The number of benzene rings is 1. The summed E-state index contributed by atoms with van der Waals surface area (Å²) in [5.74, 6) is 1.78. The van der Waals surface area contributed by atoms with Crippen molar-refractivity contribution in [2.24, 2.45) is 0 Å². The number of rotatable bonds is 1. The van der Waals surface area contributed by atoms with E-state index in [1.807, 2.05) is 17.8 Å². The van der Waals surface area contributed by atoms with E-state index in [2.05, 4.69) is 24.4 Å². The molecule has 1 aliphatic heterocycles. The lowest BCUT2D eigenvalue weighted by atomic mass is 10.0. The molecule has 0 radical (unpaired) electrons. The zero-order chi connectivity index (χ0) is 10.1. The third kappa shape index (κ3) is 1.77. The van der Waals surface area contributed by atoms with Gasteiger partial charge in [-0.1, -0.05) is 13.0 Å². The number of thioether (sulfide) groups is 1. The van der Waals surface area contributed by atoms with Crippen LogP contribution >= 0.6 is 11.8 Å². The lowest BCUT2D eigenvalue weighted by Gasteiger charge is -2.06. The predicted molar refractivity (Wildman–Crippen MR) is 59.9 cm³/mol. The molecule has 1 aromatic carbocycles. The minimum atomic E-state index is -0.0130. The Balaban J connectivity index is 2.28. The van der Waals surface area contributed by atoms with Gasteiger partial charge in [0.2, 0.25) is 5.91 Å². The lowest BCUT2D eigenvalue weighted by Crippen LogP contribution is -2.05. The number of fused-ring (bicyclic) bond motifs is 1. The number of hydrogen-bond acceptors (Lipinski definition) is 2. The van der Waals surface area contributed by atoms with Gasteiger partial charge in [-0.15, -0.1) is 11.8 Å². The number of amides is 1. The molecule has 0 fully saturated rings. The Morgan fingerprint density at radius 2 is 2.36 bits per heavy atom. The van der Waals surface area contributed by atoms with Crippen LogP contribution in [0.3, 0.4) is 0 Å². The second kappa shape index (κ2) is 3.65. The molecular weight excluding hydrogens is 194 g/mol. The van der Waals surface area contributed by atoms with Gasteiger partial charge >= 0.3 is 0 Å². The van der Waals surface area contributed by atoms with Gasteiger partial charge in [-0.25, -0.2) is 0 Å². The summed E-state index contributed by atoms with van der Waals surface area (Å²) in [6, 6.07) is 6.15. The van der Waals surface area contributed by atoms with Crippen LogP contribution in [0.15, 0.2) is 23.1 Å². The fraction of sp³-hybridized carbons (Fsp3) is 0.364. The first-order valence-electron chi connectivity index (χ1n) is 4.71. The number of carbonyl (C=O) groups excluding carboxylic acids is 1. The monoisotopic (exact) mass is 207 g/mol. The van der Waals surface area contributed by atoms with Gasteiger partial charge in [-0.05, 0) is 23.6 Å². The Kier molecular flexibility index (Phi) is 2.50. The molecule has 3 heteroatoms. The summed E-state index contributed by atoms with van der Waals surface area (Å²) in [7, 11) is 0. The van der Waals surface area contributed by atoms with Crippen molar-refractivity contribution in [2.75, 3.05) is 11.1 Å². The van der Waals surface area contributed by atoms with Gasteiger partial charge < -0.3 is 5.32 Å². The molecule has 1 aliphatic rings. The molecule has 1 heterocycles. The summed E-state index contributed by atoms with van der Waals surface area (Å²) in [5, 5.41) is 2.80. The van der Waals surface area contributed by atoms with E-state index in [4.69, 9.17) is 0 Å². The summed E-state index contributed by atoms with van der Waals surface area (Å²) in [5.41, 5.74) is 2.31. The molecule has 2 rings (SSSR count). The molecule has 0 saturated heterocycles. The maximum atomic E-state index is 10.9. The number of hydrogen-bond donors (Lipinski definition) is 1. The standard InChI is InChI=1S/C11H13NOS/c1-7-6-14-11-5-9(12-8(2)13)3-4-10(7)11/h3-5,7H,6H2,1-2H3,(H,12,13). The summed E-state index contributed by atoms with van der Waals surface area (Å²) < 4.78 is 0. The van der Waals surface area contributed by atoms with Crippen molar-refractivity contribution in [2.45, 2.75) is 24.7 Å². The highest BCUT2D eigenvalue weighted by molar-refractivity contribution is 7.99. The fourth-order valence-electron chi connectivity index (χ4n) is 1.65. The zero-order valence-electron chi connectivity index (χ0n) is 8.33. The van der Waals surface area contributed by atoms with Crippen LogP contribution in [-0.2, 0) is 4.79 Å². The normalized spacial score (nSPS) is 19.1. The summed E-state index contributed by atoms with van der Waals surface area (Å²) in [6.07, 6.45) is 0. The first-order chi connectivity index (χ1) is 6.66. The first kappa shape index (κ1) is 9.59. The van der Waals surface area contributed by atoms with Crippen molar-refractivity contribution in [1.29, 1.82) is 0 Å². The maximum Gasteiger partial charge on any atom is 0.221 e. The van der Waals surface area contributed by atoms with Gasteiger partial charge in [0.05, 0.1) is 0 Å². The molecule has 0 aliphatic carbocycles. The number of carbonyl (C=O) groups is 1. The van der Waals surface area contributed by atoms with E-state index in [9.17, 15) is 4.79 Å². The van der Waals surface area contributed by atoms with E-state index in [1.54, 1.807) is 0 Å². The predicted octanol–water partition coefficient (Wildman–Crippen LogP) is 2.85. The van der Waals surface area contributed by atoms with Crippen LogP contribution in [0.1, 0.15) is 25.3 Å². The van der Waals surface area contributed by atoms with Crippen molar-refractivity contribution >= 4 is 23.4 Å². The van der Waals surface area contributed by atoms with E-state index < -0.39 is 0 Å². The van der Waals surface area contributed by atoms with Gasteiger partial charge in [0.15, 0.2) is 0 Å². The van der Waals surface area contributed by atoms with Crippen molar-refractivity contribution < 1.29 is 4.79 Å². The second-order valence-corrected chi connectivity index (χ2v) is 4.71. The summed E-state index contributed by atoms with van der Waals surface area (Å²) in [4.78, 5) is 12.2. The molecule has 1 atom stereocenters. The van der Waals surface area contributed by atoms with Crippen molar-refractivity contribution in [3.05, 3.63) is 23.8 Å². The van der Waals surface area contributed by atoms with Crippen LogP contribution in [0, 0.1) is 0 Å². The molecule has 14 heavy (non-hydrogen) atoms. The average molecular weight is 207 g/mol. The molecule has 2 nitrogen and oxygen atoms in total. The molecule has 1 N–H and O–H groups in total. The fourth-order valence-corrected chi connectivity index (χ4v) is 2.91. The van der Waals surface area contributed by atoms with Crippen molar-refractivity contribution in [1.82, 2.24) is 0 Å².